The van der Waals surface area contributed by atoms with Crippen LogP contribution in [0.3, 0.4) is 0 Å². The molecule has 0 aliphatic heterocycles. The summed E-state index contributed by atoms with van der Waals surface area (Å²) in [6.45, 7) is 0.246. The van der Waals surface area contributed by atoms with Crippen LogP contribution in [0, 0.1) is 15.9 Å². The van der Waals surface area contributed by atoms with E-state index in [0.29, 0.717) is 17.7 Å². The van der Waals surface area contributed by atoms with E-state index in [0.717, 1.165) is 12.8 Å². The molecule has 0 spiro atoms. The number of carbonyl (C=O) groups excluding carboxylic acids is 1. The Bertz CT molecular complexity index is 806. The Hall–Kier alpha value is -2.96. The molecule has 2 aromatic carbocycles. The smallest absolute Gasteiger partial charge is 0.293 e. The van der Waals surface area contributed by atoms with Crippen LogP contribution in [0.15, 0.2) is 42.5 Å². The predicted octanol–water partition coefficient (Wildman–Crippen LogP) is 3.28. The van der Waals surface area contributed by atoms with Gasteiger partial charge < -0.3 is 10.6 Å². The zero-order valence-electron chi connectivity index (χ0n) is 13.5. The molecule has 2 N–H and O–H groups in total. The zero-order valence-corrected chi connectivity index (χ0v) is 13.5. The van der Waals surface area contributed by atoms with E-state index in [2.05, 4.69) is 10.6 Å². The normalized spacial score (nSPS) is 13.3. The maximum atomic E-state index is 13.5. The van der Waals surface area contributed by atoms with Gasteiger partial charge >= 0.3 is 0 Å². The number of nitro benzene ring substituents is 1. The van der Waals surface area contributed by atoms with Crippen LogP contribution in [0.5, 0.6) is 0 Å². The lowest BCUT2D eigenvalue weighted by molar-refractivity contribution is -0.384. The number of nitrogens with one attached hydrogen (secondary N) is 2. The van der Waals surface area contributed by atoms with E-state index >= 15 is 0 Å². The topological polar surface area (TPSA) is 84.3 Å². The molecule has 1 amide bonds. The molecule has 25 heavy (non-hydrogen) atoms. The van der Waals surface area contributed by atoms with Gasteiger partial charge in [-0.2, -0.15) is 0 Å². The highest BCUT2D eigenvalue weighted by molar-refractivity contribution is 5.95. The highest BCUT2D eigenvalue weighted by atomic mass is 19.1. The standard InChI is InChI=1S/C18H18FN3O3/c19-15-4-2-1-3-12(15)9-10-20-18(23)13-5-8-16(21-14-6-7-14)17(11-13)22(24)25/h1-5,8,11,14,21H,6-7,9-10H2,(H,20,23). The third-order valence-corrected chi connectivity index (χ3v) is 4.03. The third kappa shape index (κ3) is 4.32. The number of benzene rings is 2. The summed E-state index contributed by atoms with van der Waals surface area (Å²) >= 11 is 0. The Kier molecular flexibility index (Phi) is 4.92. The first kappa shape index (κ1) is 16.9. The van der Waals surface area contributed by atoms with Crippen molar-refractivity contribution in [2.45, 2.75) is 25.3 Å². The molecule has 0 saturated heterocycles. The number of halogens is 1. The van der Waals surface area contributed by atoms with Crippen molar-refractivity contribution < 1.29 is 14.1 Å². The molecule has 7 heteroatoms. The molecule has 1 aliphatic rings. The van der Waals surface area contributed by atoms with Crippen molar-refractivity contribution in [3.8, 4) is 0 Å². The minimum atomic E-state index is -0.499. The van der Waals surface area contributed by atoms with Gasteiger partial charge in [-0.1, -0.05) is 18.2 Å². The average Bonchev–Trinajstić information content (AvgIpc) is 3.40. The molecule has 130 valence electrons. The average molecular weight is 343 g/mol. The molecule has 0 heterocycles. The van der Waals surface area contributed by atoms with Gasteiger partial charge in [-0.15, -0.1) is 0 Å². The van der Waals surface area contributed by atoms with E-state index in [1.54, 1.807) is 30.3 Å². The number of anilines is 1. The number of carbonyl (C=O) groups is 1. The van der Waals surface area contributed by atoms with Gasteiger partial charge in [0.25, 0.3) is 11.6 Å². The van der Waals surface area contributed by atoms with E-state index in [-0.39, 0.29) is 29.7 Å². The number of hydrogen-bond donors (Lipinski definition) is 2. The molecule has 1 saturated carbocycles. The van der Waals surface area contributed by atoms with Crippen LogP contribution in [0.4, 0.5) is 15.8 Å². The molecule has 1 aliphatic carbocycles. The number of nitro groups is 1. The van der Waals surface area contributed by atoms with Crippen LogP contribution in [-0.4, -0.2) is 23.4 Å². The number of hydrogen-bond acceptors (Lipinski definition) is 4. The van der Waals surface area contributed by atoms with Gasteiger partial charge in [0.1, 0.15) is 11.5 Å². The van der Waals surface area contributed by atoms with Crippen LogP contribution in [-0.2, 0) is 6.42 Å². The van der Waals surface area contributed by atoms with E-state index in [1.807, 2.05) is 0 Å². The van der Waals surface area contributed by atoms with Crippen LogP contribution in [0.25, 0.3) is 0 Å². The minimum absolute atomic E-state index is 0.117. The fraction of sp³-hybridized carbons (Fsp3) is 0.278. The predicted molar refractivity (Wildman–Crippen MR) is 92.2 cm³/mol. The van der Waals surface area contributed by atoms with Gasteiger partial charge in [0.15, 0.2) is 0 Å². The molecule has 0 aromatic heterocycles. The zero-order chi connectivity index (χ0) is 17.8. The second kappa shape index (κ2) is 7.29. The van der Waals surface area contributed by atoms with Crippen LogP contribution >= 0.6 is 0 Å². The fourth-order valence-electron chi connectivity index (χ4n) is 2.51. The first-order chi connectivity index (χ1) is 12.0. The molecule has 0 atom stereocenters. The molecular weight excluding hydrogens is 325 g/mol. The summed E-state index contributed by atoms with van der Waals surface area (Å²) in [7, 11) is 0. The number of nitrogens with zero attached hydrogens (tertiary/aromatic N) is 1. The Morgan fingerprint density at radius 1 is 1.24 bits per heavy atom. The molecule has 6 nitrogen and oxygen atoms in total. The van der Waals surface area contributed by atoms with E-state index in [9.17, 15) is 19.3 Å². The molecular formula is C18H18FN3O3. The quantitative estimate of drug-likeness (QED) is 0.597. The second-order valence-electron chi connectivity index (χ2n) is 6.00. The minimum Gasteiger partial charge on any atom is -0.377 e. The van der Waals surface area contributed by atoms with Crippen molar-refractivity contribution in [3.63, 3.8) is 0 Å². The van der Waals surface area contributed by atoms with Crippen molar-refractivity contribution in [2.75, 3.05) is 11.9 Å². The van der Waals surface area contributed by atoms with Crippen molar-refractivity contribution in [1.29, 1.82) is 0 Å². The van der Waals surface area contributed by atoms with E-state index in [1.165, 1.54) is 12.1 Å². The van der Waals surface area contributed by atoms with Gasteiger partial charge in [0.05, 0.1) is 4.92 Å². The van der Waals surface area contributed by atoms with Gasteiger partial charge in [0, 0.05) is 24.2 Å². The lowest BCUT2D eigenvalue weighted by Crippen LogP contribution is -2.26. The van der Waals surface area contributed by atoms with Crippen molar-refractivity contribution >= 4 is 17.3 Å². The lowest BCUT2D eigenvalue weighted by Gasteiger charge is -2.09. The highest BCUT2D eigenvalue weighted by Gasteiger charge is 2.25. The summed E-state index contributed by atoms with van der Waals surface area (Å²) in [5.74, 6) is -0.736. The maximum Gasteiger partial charge on any atom is 0.293 e. The molecule has 3 rings (SSSR count). The summed E-state index contributed by atoms with van der Waals surface area (Å²) < 4.78 is 13.5. The second-order valence-corrected chi connectivity index (χ2v) is 6.00. The van der Waals surface area contributed by atoms with Crippen LogP contribution in [0.2, 0.25) is 0 Å². The highest BCUT2D eigenvalue weighted by Crippen LogP contribution is 2.31. The Morgan fingerprint density at radius 2 is 2.00 bits per heavy atom. The number of amides is 1. The Morgan fingerprint density at radius 3 is 2.68 bits per heavy atom. The van der Waals surface area contributed by atoms with Crippen molar-refractivity contribution in [2.24, 2.45) is 0 Å². The van der Waals surface area contributed by atoms with Crippen molar-refractivity contribution in [1.82, 2.24) is 5.32 Å². The first-order valence-electron chi connectivity index (χ1n) is 8.11. The van der Waals surface area contributed by atoms with Gasteiger partial charge in [-0.3, -0.25) is 14.9 Å². The third-order valence-electron chi connectivity index (χ3n) is 4.03. The molecule has 0 radical (unpaired) electrons. The summed E-state index contributed by atoms with van der Waals surface area (Å²) in [5.41, 5.74) is 1.03. The summed E-state index contributed by atoms with van der Waals surface area (Å²) in [6, 6.07) is 11.0. The van der Waals surface area contributed by atoms with Gasteiger partial charge in [-0.05, 0) is 43.0 Å². The Balaban J connectivity index is 1.64. The lowest BCUT2D eigenvalue weighted by atomic mass is 10.1. The molecule has 0 bridgehead atoms. The Labute approximate surface area is 144 Å². The van der Waals surface area contributed by atoms with E-state index in [4.69, 9.17) is 0 Å². The summed E-state index contributed by atoms with van der Waals surface area (Å²) in [5, 5.41) is 17.0. The van der Waals surface area contributed by atoms with Crippen molar-refractivity contribution in [3.05, 3.63) is 69.5 Å². The molecule has 2 aromatic rings. The summed E-state index contributed by atoms with van der Waals surface area (Å²) in [6.07, 6.45) is 2.34. The summed E-state index contributed by atoms with van der Waals surface area (Å²) in [4.78, 5) is 22.9. The van der Waals surface area contributed by atoms with Gasteiger partial charge in [0.2, 0.25) is 0 Å². The number of rotatable bonds is 7. The van der Waals surface area contributed by atoms with Crippen LogP contribution < -0.4 is 10.6 Å². The molecule has 1 fully saturated rings. The first-order valence-corrected chi connectivity index (χ1v) is 8.11. The maximum absolute atomic E-state index is 13.5. The monoisotopic (exact) mass is 343 g/mol. The molecule has 0 unspecified atom stereocenters. The van der Waals surface area contributed by atoms with Crippen LogP contribution in [0.1, 0.15) is 28.8 Å². The van der Waals surface area contributed by atoms with E-state index < -0.39 is 10.8 Å². The van der Waals surface area contributed by atoms with Gasteiger partial charge in [-0.25, -0.2) is 4.39 Å². The largest absolute Gasteiger partial charge is 0.377 e. The fourth-order valence-corrected chi connectivity index (χ4v) is 2.51. The SMILES string of the molecule is O=C(NCCc1ccccc1F)c1ccc(NC2CC2)c([N+](=O)[O-])c1.